The van der Waals surface area contributed by atoms with E-state index in [0.29, 0.717) is 0 Å². The summed E-state index contributed by atoms with van der Waals surface area (Å²) >= 11 is 1.82. The zero-order chi connectivity index (χ0) is 18.4. The van der Waals surface area contributed by atoms with Gasteiger partial charge in [0.2, 0.25) is 0 Å². The molecule has 0 amide bonds. The molecule has 3 rings (SSSR count). The van der Waals surface area contributed by atoms with Crippen LogP contribution in [0.15, 0.2) is 41.4 Å². The van der Waals surface area contributed by atoms with Gasteiger partial charge in [0.05, 0.1) is 6.54 Å². The standard InChI is InChI=1S/C21H29N3OS.HI/c1-16-6-4-5-7-19(16)21(10-12-25-13-11-21)15-24-20(22-3)23-14-18-9-8-17(2)26-18;/h4-9H,10-15H2,1-3H3,(H2,22,23,24);1H. The fourth-order valence-corrected chi connectivity index (χ4v) is 4.53. The van der Waals surface area contributed by atoms with E-state index in [1.165, 1.54) is 20.9 Å². The van der Waals surface area contributed by atoms with E-state index in [0.717, 1.165) is 45.1 Å². The molecule has 27 heavy (non-hydrogen) atoms. The molecule has 0 bridgehead atoms. The third kappa shape index (κ3) is 5.68. The fraction of sp³-hybridized carbons (Fsp3) is 0.476. The van der Waals surface area contributed by atoms with Crippen LogP contribution in [-0.4, -0.2) is 32.8 Å². The van der Waals surface area contributed by atoms with Crippen LogP contribution in [0.4, 0.5) is 0 Å². The van der Waals surface area contributed by atoms with Gasteiger partial charge in [0.1, 0.15) is 0 Å². The fourth-order valence-electron chi connectivity index (χ4n) is 3.70. The molecule has 1 aromatic heterocycles. The summed E-state index contributed by atoms with van der Waals surface area (Å²) in [6.07, 6.45) is 2.07. The summed E-state index contributed by atoms with van der Waals surface area (Å²) in [5, 5.41) is 7.01. The van der Waals surface area contributed by atoms with Crippen molar-refractivity contribution >= 4 is 41.3 Å². The zero-order valence-corrected chi connectivity index (χ0v) is 19.5. The highest BCUT2D eigenvalue weighted by Crippen LogP contribution is 2.36. The van der Waals surface area contributed by atoms with E-state index in [4.69, 9.17) is 4.74 Å². The number of aliphatic imine (C=N–C) groups is 1. The van der Waals surface area contributed by atoms with Gasteiger partial charge in [-0.05, 0) is 49.9 Å². The van der Waals surface area contributed by atoms with E-state index >= 15 is 0 Å². The van der Waals surface area contributed by atoms with Gasteiger partial charge in [0.25, 0.3) is 0 Å². The third-order valence-corrected chi connectivity index (χ3v) is 6.21. The van der Waals surface area contributed by atoms with E-state index in [1.807, 2.05) is 18.4 Å². The average Bonchev–Trinajstić information content (AvgIpc) is 3.08. The number of guanidine groups is 1. The molecule has 0 aliphatic carbocycles. The van der Waals surface area contributed by atoms with Crippen molar-refractivity contribution in [1.82, 2.24) is 10.6 Å². The minimum absolute atomic E-state index is 0. The molecule has 0 spiro atoms. The molecule has 6 heteroatoms. The van der Waals surface area contributed by atoms with Gasteiger partial charge in [-0.2, -0.15) is 0 Å². The summed E-state index contributed by atoms with van der Waals surface area (Å²) in [5.41, 5.74) is 2.88. The number of halogens is 1. The summed E-state index contributed by atoms with van der Waals surface area (Å²) in [7, 11) is 1.83. The van der Waals surface area contributed by atoms with Crippen molar-refractivity contribution in [2.24, 2.45) is 4.99 Å². The Kier molecular flexibility index (Phi) is 8.57. The van der Waals surface area contributed by atoms with Crippen LogP contribution in [-0.2, 0) is 16.7 Å². The topological polar surface area (TPSA) is 45.7 Å². The van der Waals surface area contributed by atoms with Crippen LogP contribution >= 0.6 is 35.3 Å². The van der Waals surface area contributed by atoms with Crippen LogP contribution < -0.4 is 10.6 Å². The molecular formula is C21H30IN3OS. The molecule has 148 valence electrons. The molecule has 2 aromatic rings. The largest absolute Gasteiger partial charge is 0.381 e. The number of aryl methyl sites for hydroxylation is 2. The Morgan fingerprint density at radius 2 is 1.85 bits per heavy atom. The van der Waals surface area contributed by atoms with Crippen LogP contribution in [0.5, 0.6) is 0 Å². The minimum atomic E-state index is 0. The van der Waals surface area contributed by atoms with Crippen LogP contribution in [0.1, 0.15) is 33.7 Å². The highest BCUT2D eigenvalue weighted by molar-refractivity contribution is 14.0. The van der Waals surface area contributed by atoms with E-state index < -0.39 is 0 Å². The molecule has 4 nitrogen and oxygen atoms in total. The molecule has 1 saturated heterocycles. The highest BCUT2D eigenvalue weighted by atomic mass is 127. The van der Waals surface area contributed by atoms with Gasteiger partial charge in [0, 0.05) is 42.0 Å². The first-order chi connectivity index (χ1) is 12.6. The smallest absolute Gasteiger partial charge is 0.191 e. The first kappa shape index (κ1) is 22.2. The number of nitrogens with one attached hydrogen (secondary N) is 2. The SMILES string of the molecule is CN=C(NCc1ccc(C)s1)NCC1(c2ccccc2C)CCOCC1.I. The Balaban J connectivity index is 0.00000261. The maximum Gasteiger partial charge on any atom is 0.191 e. The number of nitrogens with zero attached hydrogens (tertiary/aromatic N) is 1. The first-order valence-corrected chi connectivity index (χ1v) is 10.1. The first-order valence-electron chi connectivity index (χ1n) is 9.27. The molecule has 1 aliphatic heterocycles. The Morgan fingerprint density at radius 3 is 2.48 bits per heavy atom. The molecule has 2 N–H and O–H groups in total. The predicted molar refractivity (Wildman–Crippen MR) is 126 cm³/mol. The monoisotopic (exact) mass is 499 g/mol. The number of hydrogen-bond acceptors (Lipinski definition) is 3. The lowest BCUT2D eigenvalue weighted by molar-refractivity contribution is 0.0512. The Bertz CT molecular complexity index is 753. The predicted octanol–water partition coefficient (Wildman–Crippen LogP) is 4.40. The van der Waals surface area contributed by atoms with Crippen molar-refractivity contribution in [1.29, 1.82) is 0 Å². The van der Waals surface area contributed by atoms with Crippen molar-refractivity contribution in [2.45, 2.75) is 38.6 Å². The highest BCUT2D eigenvalue weighted by Gasteiger charge is 2.35. The molecule has 0 radical (unpaired) electrons. The molecular weight excluding hydrogens is 469 g/mol. The van der Waals surface area contributed by atoms with E-state index in [-0.39, 0.29) is 29.4 Å². The summed E-state index contributed by atoms with van der Waals surface area (Å²) in [5.74, 6) is 0.857. The van der Waals surface area contributed by atoms with Crippen LogP contribution in [0, 0.1) is 13.8 Å². The lowest BCUT2D eigenvalue weighted by Crippen LogP contribution is -2.48. The second-order valence-corrected chi connectivity index (χ2v) is 8.37. The number of thiophene rings is 1. The Morgan fingerprint density at radius 1 is 1.11 bits per heavy atom. The maximum absolute atomic E-state index is 5.65. The van der Waals surface area contributed by atoms with Gasteiger partial charge in [-0.3, -0.25) is 4.99 Å². The average molecular weight is 499 g/mol. The van der Waals surface area contributed by atoms with Crippen LogP contribution in [0.3, 0.4) is 0 Å². The van der Waals surface area contributed by atoms with Crippen molar-refractivity contribution in [3.05, 3.63) is 57.3 Å². The molecule has 0 atom stereocenters. The number of ether oxygens (including phenoxy) is 1. The normalized spacial score (nSPS) is 16.5. The quantitative estimate of drug-likeness (QED) is 0.364. The Hall–Kier alpha value is -1.12. The van der Waals surface area contributed by atoms with Crippen LogP contribution in [0.25, 0.3) is 0 Å². The van der Waals surface area contributed by atoms with Crippen LogP contribution in [0.2, 0.25) is 0 Å². The van der Waals surface area contributed by atoms with E-state index in [9.17, 15) is 0 Å². The van der Waals surface area contributed by atoms with Gasteiger partial charge < -0.3 is 15.4 Å². The van der Waals surface area contributed by atoms with Crippen molar-refractivity contribution in [2.75, 3.05) is 26.8 Å². The molecule has 1 fully saturated rings. The van der Waals surface area contributed by atoms with Gasteiger partial charge in [-0.15, -0.1) is 35.3 Å². The van der Waals surface area contributed by atoms with Gasteiger partial charge in [0.15, 0.2) is 5.96 Å². The lowest BCUT2D eigenvalue weighted by atomic mass is 9.72. The molecule has 0 saturated carbocycles. The van der Waals surface area contributed by atoms with Gasteiger partial charge in [-0.25, -0.2) is 0 Å². The maximum atomic E-state index is 5.65. The third-order valence-electron chi connectivity index (χ3n) is 5.21. The second kappa shape index (κ2) is 10.4. The molecule has 2 heterocycles. The molecule has 1 aliphatic rings. The molecule has 0 unspecified atom stereocenters. The Labute approximate surface area is 183 Å². The summed E-state index contributed by atoms with van der Waals surface area (Å²) in [4.78, 5) is 7.07. The van der Waals surface area contributed by atoms with E-state index in [1.54, 1.807) is 0 Å². The van der Waals surface area contributed by atoms with Crippen molar-refractivity contribution < 1.29 is 4.74 Å². The zero-order valence-electron chi connectivity index (χ0n) is 16.4. The van der Waals surface area contributed by atoms with Gasteiger partial charge in [-0.1, -0.05) is 24.3 Å². The van der Waals surface area contributed by atoms with E-state index in [2.05, 4.69) is 65.9 Å². The summed E-state index contributed by atoms with van der Waals surface area (Å²) < 4.78 is 5.65. The van der Waals surface area contributed by atoms with Gasteiger partial charge >= 0.3 is 0 Å². The molecule has 1 aromatic carbocycles. The van der Waals surface area contributed by atoms with Crippen molar-refractivity contribution in [3.8, 4) is 0 Å². The number of hydrogen-bond donors (Lipinski definition) is 2. The summed E-state index contributed by atoms with van der Waals surface area (Å²) in [6, 6.07) is 13.1. The minimum Gasteiger partial charge on any atom is -0.381 e. The second-order valence-electron chi connectivity index (χ2n) is 7.00. The van der Waals surface area contributed by atoms with Crippen molar-refractivity contribution in [3.63, 3.8) is 0 Å². The number of rotatable bonds is 5. The lowest BCUT2D eigenvalue weighted by Gasteiger charge is -2.39. The number of benzene rings is 1. The summed E-state index contributed by atoms with van der Waals surface area (Å²) in [6.45, 7) is 7.65.